The summed E-state index contributed by atoms with van der Waals surface area (Å²) in [6.07, 6.45) is 0.00311. The molecule has 3 aromatic rings. The van der Waals surface area contributed by atoms with Gasteiger partial charge in [0.15, 0.2) is 0 Å². The molecule has 29 heavy (non-hydrogen) atoms. The Kier molecular flexibility index (Phi) is 6.66. The van der Waals surface area contributed by atoms with E-state index in [2.05, 4.69) is 10.4 Å². The lowest BCUT2D eigenvalue weighted by molar-refractivity contribution is -0.141. The molecule has 0 saturated carbocycles. The Hall–Kier alpha value is -2.71. The molecule has 3 rings (SSSR count). The fourth-order valence-corrected chi connectivity index (χ4v) is 3.97. The molecule has 0 radical (unpaired) electrons. The molecule has 9 heteroatoms. The van der Waals surface area contributed by atoms with E-state index in [0.29, 0.717) is 12.2 Å². The van der Waals surface area contributed by atoms with E-state index < -0.39 is 17.9 Å². The number of carbonyl (C=O) groups excluding carboxylic acids is 2. The first-order valence-corrected chi connectivity index (χ1v) is 10.0. The van der Waals surface area contributed by atoms with Gasteiger partial charge in [-0.05, 0) is 36.1 Å². The third-order valence-electron chi connectivity index (χ3n) is 4.33. The Balaban J connectivity index is 1.81. The molecule has 1 unspecified atom stereocenters. The van der Waals surface area contributed by atoms with E-state index in [9.17, 15) is 14.0 Å². The predicted octanol–water partition coefficient (Wildman–Crippen LogP) is 4.13. The quantitative estimate of drug-likeness (QED) is 0.566. The van der Waals surface area contributed by atoms with E-state index in [4.69, 9.17) is 16.3 Å². The van der Waals surface area contributed by atoms with Gasteiger partial charge in [-0.3, -0.25) is 9.59 Å². The summed E-state index contributed by atoms with van der Waals surface area (Å²) in [5.41, 5.74) is 1.49. The summed E-state index contributed by atoms with van der Waals surface area (Å²) >= 11 is 7.85. The SMILES string of the molecule is COC(=O)CC(NC(=O)c1c(C)nn(Cc2ccc(F)cc2)c1Cl)c1cccs1. The first kappa shape index (κ1) is 21.0. The van der Waals surface area contributed by atoms with Crippen LogP contribution in [0.5, 0.6) is 0 Å². The van der Waals surface area contributed by atoms with Gasteiger partial charge in [0.2, 0.25) is 0 Å². The Morgan fingerprint density at radius 2 is 2.03 bits per heavy atom. The maximum absolute atomic E-state index is 13.1. The van der Waals surface area contributed by atoms with E-state index in [1.165, 1.54) is 35.3 Å². The fraction of sp³-hybridized carbons (Fsp3) is 0.250. The minimum absolute atomic E-state index is 0.00311. The van der Waals surface area contributed by atoms with Gasteiger partial charge in [-0.25, -0.2) is 9.07 Å². The van der Waals surface area contributed by atoms with Gasteiger partial charge in [-0.2, -0.15) is 5.10 Å². The highest BCUT2D eigenvalue weighted by Crippen LogP contribution is 2.26. The highest BCUT2D eigenvalue weighted by molar-refractivity contribution is 7.10. The molecule has 1 amide bonds. The first-order chi connectivity index (χ1) is 13.9. The van der Waals surface area contributed by atoms with Crippen molar-refractivity contribution in [1.29, 1.82) is 0 Å². The molecule has 152 valence electrons. The zero-order chi connectivity index (χ0) is 21.0. The number of benzene rings is 1. The number of nitrogens with zero attached hydrogens (tertiary/aromatic N) is 2. The van der Waals surface area contributed by atoms with Gasteiger partial charge >= 0.3 is 5.97 Å². The van der Waals surface area contributed by atoms with Crippen molar-refractivity contribution in [2.75, 3.05) is 7.11 Å². The number of carbonyl (C=O) groups is 2. The number of aromatic nitrogens is 2. The van der Waals surface area contributed by atoms with Crippen molar-refractivity contribution in [2.45, 2.75) is 25.9 Å². The van der Waals surface area contributed by atoms with Crippen molar-refractivity contribution in [3.63, 3.8) is 0 Å². The van der Waals surface area contributed by atoms with Crippen LogP contribution in [0.2, 0.25) is 5.15 Å². The highest BCUT2D eigenvalue weighted by atomic mass is 35.5. The zero-order valence-corrected chi connectivity index (χ0v) is 17.4. The topological polar surface area (TPSA) is 73.2 Å². The molecule has 0 saturated heterocycles. The number of hydrogen-bond acceptors (Lipinski definition) is 5. The summed E-state index contributed by atoms with van der Waals surface area (Å²) in [5.74, 6) is -1.19. The molecule has 0 aliphatic rings. The van der Waals surface area contributed by atoms with Gasteiger partial charge in [-0.1, -0.05) is 29.8 Å². The lowest BCUT2D eigenvalue weighted by Gasteiger charge is -2.16. The Morgan fingerprint density at radius 1 is 1.31 bits per heavy atom. The molecular formula is C20H19ClFN3O3S. The van der Waals surface area contributed by atoms with Crippen LogP contribution in [-0.4, -0.2) is 28.8 Å². The zero-order valence-electron chi connectivity index (χ0n) is 15.8. The van der Waals surface area contributed by atoms with E-state index >= 15 is 0 Å². The number of rotatable bonds is 7. The number of ether oxygens (including phenoxy) is 1. The smallest absolute Gasteiger partial charge is 0.307 e. The fourth-order valence-electron chi connectivity index (χ4n) is 2.87. The van der Waals surface area contributed by atoms with Crippen LogP contribution in [0.4, 0.5) is 4.39 Å². The third-order valence-corrected chi connectivity index (χ3v) is 5.70. The number of aryl methyl sites for hydroxylation is 1. The second kappa shape index (κ2) is 9.19. The second-order valence-corrected chi connectivity index (χ2v) is 7.69. The molecule has 6 nitrogen and oxygen atoms in total. The molecular weight excluding hydrogens is 417 g/mol. The normalized spacial score (nSPS) is 11.9. The lowest BCUT2D eigenvalue weighted by Crippen LogP contribution is -2.30. The Bertz CT molecular complexity index is 1000. The largest absolute Gasteiger partial charge is 0.469 e. The van der Waals surface area contributed by atoms with Crippen LogP contribution in [-0.2, 0) is 16.1 Å². The van der Waals surface area contributed by atoms with E-state index in [0.717, 1.165) is 10.4 Å². The first-order valence-electron chi connectivity index (χ1n) is 8.77. The van der Waals surface area contributed by atoms with Gasteiger partial charge in [0.25, 0.3) is 5.91 Å². The Labute approximate surface area is 176 Å². The summed E-state index contributed by atoms with van der Waals surface area (Å²) in [4.78, 5) is 25.5. The number of amides is 1. The molecule has 0 bridgehead atoms. The summed E-state index contributed by atoms with van der Waals surface area (Å²) in [6, 6.07) is 9.11. The van der Waals surface area contributed by atoms with Crippen LogP contribution in [0, 0.1) is 12.7 Å². The molecule has 1 aromatic carbocycles. The van der Waals surface area contributed by atoms with E-state index in [-0.39, 0.29) is 23.0 Å². The molecule has 1 N–H and O–H groups in total. The lowest BCUT2D eigenvalue weighted by atomic mass is 10.1. The predicted molar refractivity (Wildman–Crippen MR) is 109 cm³/mol. The van der Waals surface area contributed by atoms with Crippen LogP contribution in [0.25, 0.3) is 0 Å². The van der Waals surface area contributed by atoms with E-state index in [1.54, 1.807) is 19.1 Å². The van der Waals surface area contributed by atoms with Crippen LogP contribution in [0.3, 0.4) is 0 Å². The van der Waals surface area contributed by atoms with Crippen molar-refractivity contribution < 1.29 is 18.7 Å². The molecule has 0 fully saturated rings. The number of nitrogens with one attached hydrogen (secondary N) is 1. The van der Waals surface area contributed by atoms with Crippen LogP contribution in [0.15, 0.2) is 41.8 Å². The van der Waals surface area contributed by atoms with Crippen LogP contribution >= 0.6 is 22.9 Å². The summed E-state index contributed by atoms with van der Waals surface area (Å²) in [6.45, 7) is 1.98. The number of hydrogen-bond donors (Lipinski definition) is 1. The van der Waals surface area contributed by atoms with Gasteiger partial charge in [-0.15, -0.1) is 11.3 Å². The molecule has 0 aliphatic heterocycles. The van der Waals surface area contributed by atoms with Gasteiger partial charge < -0.3 is 10.1 Å². The van der Waals surface area contributed by atoms with Gasteiger partial charge in [0.1, 0.15) is 11.0 Å². The number of thiophene rings is 1. The number of esters is 1. The van der Waals surface area contributed by atoms with Crippen molar-refractivity contribution in [3.8, 4) is 0 Å². The highest BCUT2D eigenvalue weighted by Gasteiger charge is 2.25. The van der Waals surface area contributed by atoms with E-state index in [1.807, 2.05) is 17.5 Å². The van der Waals surface area contributed by atoms with Crippen molar-refractivity contribution in [2.24, 2.45) is 0 Å². The maximum Gasteiger partial charge on any atom is 0.307 e. The average molecular weight is 436 g/mol. The third kappa shape index (κ3) is 5.02. The average Bonchev–Trinajstić information content (AvgIpc) is 3.31. The molecule has 1 atom stereocenters. The van der Waals surface area contributed by atoms with Crippen molar-refractivity contribution >= 4 is 34.8 Å². The molecule has 2 aromatic heterocycles. The standard InChI is InChI=1S/C20H19ClFN3O3S/c1-12-18(19(21)25(24-12)11-13-5-7-14(22)8-6-13)20(27)23-15(10-17(26)28-2)16-4-3-9-29-16/h3-9,15H,10-11H2,1-2H3,(H,23,27). The van der Waals surface area contributed by atoms with Crippen LogP contribution < -0.4 is 5.32 Å². The number of methoxy groups -OCH3 is 1. The minimum Gasteiger partial charge on any atom is -0.469 e. The Morgan fingerprint density at radius 3 is 2.66 bits per heavy atom. The number of halogens is 2. The maximum atomic E-state index is 13.1. The summed E-state index contributed by atoms with van der Waals surface area (Å²) in [7, 11) is 1.30. The second-order valence-electron chi connectivity index (χ2n) is 6.36. The molecule has 0 spiro atoms. The van der Waals surface area contributed by atoms with Crippen molar-refractivity contribution in [3.05, 3.63) is 74.4 Å². The monoisotopic (exact) mass is 435 g/mol. The van der Waals surface area contributed by atoms with Crippen LogP contribution in [0.1, 0.15) is 39.0 Å². The minimum atomic E-state index is -0.536. The van der Waals surface area contributed by atoms with Crippen molar-refractivity contribution in [1.82, 2.24) is 15.1 Å². The summed E-state index contributed by atoms with van der Waals surface area (Å²) < 4.78 is 19.3. The summed E-state index contributed by atoms with van der Waals surface area (Å²) in [5, 5.41) is 9.23. The van der Waals surface area contributed by atoms with Gasteiger partial charge in [0.05, 0.1) is 37.4 Å². The van der Waals surface area contributed by atoms with Gasteiger partial charge in [0, 0.05) is 4.88 Å². The molecule has 2 heterocycles. The molecule has 0 aliphatic carbocycles.